The van der Waals surface area contributed by atoms with Gasteiger partial charge in [0, 0.05) is 5.33 Å². The Balaban J connectivity index is 2.19. The molecule has 1 aromatic rings. The lowest BCUT2D eigenvalue weighted by atomic mass is 9.89. The van der Waals surface area contributed by atoms with Gasteiger partial charge in [-0.2, -0.15) is 0 Å². The highest BCUT2D eigenvalue weighted by Crippen LogP contribution is 2.44. The minimum absolute atomic E-state index is 0.00562. The minimum Gasteiger partial charge on any atom is -0.447 e. The molecule has 0 unspecified atom stereocenters. The first-order chi connectivity index (χ1) is 6.74. The summed E-state index contributed by atoms with van der Waals surface area (Å²) >= 11 is 7.15. The first-order valence-electron chi connectivity index (χ1n) is 4.94. The summed E-state index contributed by atoms with van der Waals surface area (Å²) in [6.45, 7) is 0. The van der Waals surface area contributed by atoms with Crippen LogP contribution in [0, 0.1) is 0 Å². The molecule has 1 aliphatic carbocycles. The quantitative estimate of drug-likeness (QED) is 0.765. The smallest absolute Gasteiger partial charge is 0.211 e. The summed E-state index contributed by atoms with van der Waals surface area (Å²) in [4.78, 5) is 4.46. The molecule has 0 aromatic carbocycles. The molecule has 1 fully saturated rings. The van der Waals surface area contributed by atoms with E-state index < -0.39 is 0 Å². The van der Waals surface area contributed by atoms with Crippen LogP contribution in [0.25, 0.3) is 0 Å². The van der Waals surface area contributed by atoms with Crippen LogP contribution in [0.15, 0.2) is 10.7 Å². The van der Waals surface area contributed by atoms with Crippen molar-refractivity contribution in [1.82, 2.24) is 4.98 Å². The molecule has 4 heteroatoms. The highest BCUT2D eigenvalue weighted by molar-refractivity contribution is 9.09. The second kappa shape index (κ2) is 4.35. The Morgan fingerprint density at radius 3 is 2.64 bits per heavy atom. The van der Waals surface area contributed by atoms with E-state index in [1.807, 2.05) is 0 Å². The van der Waals surface area contributed by atoms with E-state index in [-0.39, 0.29) is 4.32 Å². The summed E-state index contributed by atoms with van der Waals surface area (Å²) in [7, 11) is 0. The van der Waals surface area contributed by atoms with Crippen LogP contribution in [0.4, 0.5) is 0 Å². The topological polar surface area (TPSA) is 26.0 Å². The van der Waals surface area contributed by atoms with Crippen LogP contribution < -0.4 is 0 Å². The third kappa shape index (κ3) is 2.06. The maximum atomic E-state index is 5.51. The van der Waals surface area contributed by atoms with Crippen molar-refractivity contribution in [2.45, 2.75) is 41.8 Å². The Bertz CT molecular complexity index is 305. The van der Waals surface area contributed by atoms with E-state index in [1.54, 1.807) is 6.26 Å². The van der Waals surface area contributed by atoms with E-state index in [0.717, 1.165) is 29.8 Å². The number of nitrogens with zero attached hydrogens (tertiary/aromatic N) is 1. The van der Waals surface area contributed by atoms with E-state index in [2.05, 4.69) is 36.8 Å². The molecular formula is C10H13Br2NO. The lowest BCUT2D eigenvalue weighted by molar-refractivity contribution is 0.339. The normalized spacial score (nSPS) is 21.0. The SMILES string of the molecule is BrCc1coc(C2(Br)CCCCC2)n1. The largest absolute Gasteiger partial charge is 0.447 e. The highest BCUT2D eigenvalue weighted by Gasteiger charge is 2.35. The zero-order chi connectivity index (χ0) is 10.0. The average Bonchev–Trinajstić information content (AvgIpc) is 2.67. The van der Waals surface area contributed by atoms with Crippen molar-refractivity contribution >= 4 is 31.9 Å². The molecule has 1 saturated carbocycles. The third-order valence-electron chi connectivity index (χ3n) is 2.72. The van der Waals surface area contributed by atoms with E-state index in [0.29, 0.717) is 0 Å². The maximum absolute atomic E-state index is 5.51. The molecule has 0 saturated heterocycles. The van der Waals surface area contributed by atoms with Gasteiger partial charge >= 0.3 is 0 Å². The molecule has 0 amide bonds. The van der Waals surface area contributed by atoms with Crippen molar-refractivity contribution in [1.29, 1.82) is 0 Å². The number of rotatable bonds is 2. The molecule has 1 heterocycles. The van der Waals surface area contributed by atoms with Gasteiger partial charge in [-0.25, -0.2) is 4.98 Å². The molecule has 0 atom stereocenters. The molecule has 1 aliphatic rings. The van der Waals surface area contributed by atoms with Crippen molar-refractivity contribution in [3.05, 3.63) is 17.8 Å². The van der Waals surface area contributed by atoms with Gasteiger partial charge in [-0.05, 0) is 12.8 Å². The van der Waals surface area contributed by atoms with Crippen LogP contribution in [0.3, 0.4) is 0 Å². The standard InChI is InChI=1S/C10H13Br2NO/c11-6-8-7-14-9(13-8)10(12)4-2-1-3-5-10/h7H,1-6H2. The molecular weight excluding hydrogens is 310 g/mol. The molecule has 2 rings (SSSR count). The fourth-order valence-corrected chi connectivity index (χ4v) is 2.90. The van der Waals surface area contributed by atoms with Gasteiger partial charge in [0.05, 0.1) is 5.69 Å². The van der Waals surface area contributed by atoms with Gasteiger partial charge in [0.15, 0.2) is 0 Å². The number of alkyl halides is 2. The molecule has 0 aliphatic heterocycles. The van der Waals surface area contributed by atoms with Crippen LogP contribution in [-0.4, -0.2) is 4.98 Å². The maximum Gasteiger partial charge on any atom is 0.211 e. The molecule has 78 valence electrons. The third-order valence-corrected chi connectivity index (χ3v) is 4.42. The molecule has 2 nitrogen and oxygen atoms in total. The second-order valence-electron chi connectivity index (χ2n) is 3.80. The highest BCUT2D eigenvalue weighted by atomic mass is 79.9. The Labute approximate surface area is 101 Å². The summed E-state index contributed by atoms with van der Waals surface area (Å²) in [6.07, 6.45) is 7.86. The predicted molar refractivity (Wildman–Crippen MR) is 62.8 cm³/mol. The average molecular weight is 323 g/mol. The van der Waals surface area contributed by atoms with Crippen LogP contribution >= 0.6 is 31.9 Å². The Morgan fingerprint density at radius 2 is 2.07 bits per heavy atom. The van der Waals surface area contributed by atoms with Crippen LogP contribution in [0.5, 0.6) is 0 Å². The molecule has 0 spiro atoms. The number of hydrogen-bond donors (Lipinski definition) is 0. The molecule has 0 radical (unpaired) electrons. The Kier molecular flexibility index (Phi) is 3.32. The van der Waals surface area contributed by atoms with Gasteiger partial charge in [0.1, 0.15) is 10.6 Å². The first-order valence-corrected chi connectivity index (χ1v) is 6.86. The van der Waals surface area contributed by atoms with Gasteiger partial charge in [-0.15, -0.1) is 0 Å². The summed E-state index contributed by atoms with van der Waals surface area (Å²) in [5.41, 5.74) is 0.976. The van der Waals surface area contributed by atoms with Crippen LogP contribution in [-0.2, 0) is 9.65 Å². The van der Waals surface area contributed by atoms with Crippen molar-refractivity contribution < 1.29 is 4.42 Å². The summed E-state index contributed by atoms with van der Waals surface area (Å²) in [5, 5.41) is 0.763. The molecule has 0 N–H and O–H groups in total. The van der Waals surface area contributed by atoms with Crippen LogP contribution in [0.2, 0.25) is 0 Å². The van der Waals surface area contributed by atoms with E-state index >= 15 is 0 Å². The van der Waals surface area contributed by atoms with Crippen molar-refractivity contribution in [2.75, 3.05) is 0 Å². The zero-order valence-electron chi connectivity index (χ0n) is 7.93. The summed E-state index contributed by atoms with van der Waals surface area (Å²) in [5.74, 6) is 0.853. The van der Waals surface area contributed by atoms with Crippen molar-refractivity contribution in [3.63, 3.8) is 0 Å². The second-order valence-corrected chi connectivity index (χ2v) is 5.88. The van der Waals surface area contributed by atoms with Gasteiger partial charge in [-0.3, -0.25) is 0 Å². The van der Waals surface area contributed by atoms with Gasteiger partial charge < -0.3 is 4.42 Å². The number of halogens is 2. The summed E-state index contributed by atoms with van der Waals surface area (Å²) in [6, 6.07) is 0. The first kappa shape index (κ1) is 10.7. The van der Waals surface area contributed by atoms with E-state index in [9.17, 15) is 0 Å². The summed E-state index contributed by atoms with van der Waals surface area (Å²) < 4.78 is 5.52. The minimum atomic E-state index is 0.00562. The zero-order valence-corrected chi connectivity index (χ0v) is 11.1. The van der Waals surface area contributed by atoms with Crippen molar-refractivity contribution in [3.8, 4) is 0 Å². The van der Waals surface area contributed by atoms with Gasteiger partial charge in [0.2, 0.25) is 5.89 Å². The molecule has 14 heavy (non-hydrogen) atoms. The lowest BCUT2D eigenvalue weighted by Gasteiger charge is -2.28. The lowest BCUT2D eigenvalue weighted by Crippen LogP contribution is -2.21. The van der Waals surface area contributed by atoms with Crippen molar-refractivity contribution in [2.24, 2.45) is 0 Å². The fraction of sp³-hybridized carbons (Fsp3) is 0.700. The molecule has 0 bridgehead atoms. The van der Waals surface area contributed by atoms with E-state index in [4.69, 9.17) is 4.42 Å². The number of oxazole rings is 1. The van der Waals surface area contributed by atoms with E-state index in [1.165, 1.54) is 19.3 Å². The fourth-order valence-electron chi connectivity index (χ4n) is 1.90. The van der Waals surface area contributed by atoms with Gasteiger partial charge in [-0.1, -0.05) is 51.1 Å². The monoisotopic (exact) mass is 321 g/mol. The number of hydrogen-bond acceptors (Lipinski definition) is 2. The molecule has 1 aromatic heterocycles. The van der Waals surface area contributed by atoms with Gasteiger partial charge in [0.25, 0.3) is 0 Å². The van der Waals surface area contributed by atoms with Crippen LogP contribution in [0.1, 0.15) is 43.7 Å². The predicted octanol–water partition coefficient (Wildman–Crippen LogP) is 4.12. The number of aromatic nitrogens is 1. The Hall–Kier alpha value is 0.170. The Morgan fingerprint density at radius 1 is 1.36 bits per heavy atom.